The molecule has 2 N–H and O–H groups in total. The number of benzene rings is 2. The van der Waals surface area contributed by atoms with Crippen molar-refractivity contribution in [3.05, 3.63) is 65.2 Å². The Morgan fingerprint density at radius 2 is 1.61 bits per heavy atom. The van der Waals surface area contributed by atoms with Crippen LogP contribution in [0.1, 0.15) is 39.3 Å². The number of nitrogens with zero attached hydrogens (tertiary/aromatic N) is 1. The highest BCUT2D eigenvalue weighted by Crippen LogP contribution is 2.28. The minimum absolute atomic E-state index is 0.0643. The van der Waals surface area contributed by atoms with Crippen molar-refractivity contribution in [2.75, 3.05) is 6.54 Å². The Labute approximate surface area is 133 Å². The van der Waals surface area contributed by atoms with Gasteiger partial charge in [0.1, 0.15) is 5.75 Å². The van der Waals surface area contributed by atoms with E-state index in [1.807, 2.05) is 0 Å². The van der Waals surface area contributed by atoms with Crippen LogP contribution in [0.2, 0.25) is 0 Å². The lowest BCUT2D eigenvalue weighted by Crippen LogP contribution is -2.35. The maximum atomic E-state index is 12.3. The second-order valence-corrected chi connectivity index (χ2v) is 5.78. The lowest BCUT2D eigenvalue weighted by atomic mass is 9.96. The molecule has 1 aliphatic rings. The van der Waals surface area contributed by atoms with E-state index >= 15 is 0 Å². The quantitative estimate of drug-likeness (QED) is 0.850. The minimum Gasteiger partial charge on any atom is -0.508 e. The molecule has 5 nitrogen and oxygen atoms in total. The fraction of sp³-hybridized carbons (Fsp3) is 0.222. The van der Waals surface area contributed by atoms with Crippen molar-refractivity contribution in [1.82, 2.24) is 4.90 Å². The van der Waals surface area contributed by atoms with Gasteiger partial charge < -0.3 is 10.2 Å². The molecule has 0 saturated carbocycles. The van der Waals surface area contributed by atoms with E-state index in [4.69, 9.17) is 0 Å². The molecule has 0 radical (unpaired) electrons. The molecule has 118 valence electrons. The van der Waals surface area contributed by atoms with Gasteiger partial charge in [-0.3, -0.25) is 14.5 Å². The number of phenols is 1. The third-order valence-electron chi connectivity index (χ3n) is 4.10. The number of phenolic OH excluding ortho intramolecular Hbond substituents is 1. The molecule has 1 aliphatic heterocycles. The van der Waals surface area contributed by atoms with Gasteiger partial charge in [0.05, 0.1) is 17.2 Å². The molecular formula is C18H17NO4. The number of amides is 2. The van der Waals surface area contributed by atoms with Gasteiger partial charge in [-0.25, -0.2) is 0 Å². The van der Waals surface area contributed by atoms with E-state index in [-0.39, 0.29) is 30.0 Å². The fourth-order valence-corrected chi connectivity index (χ4v) is 2.83. The second kappa shape index (κ2) is 5.85. The molecule has 1 heterocycles. The standard InChI is InChI=1S/C18H17NO4/c1-11(16(21)12-5-4-6-13(20)9-12)10-19-17(22)14-7-2-3-8-15(14)18(19)23/h2-9,11,16,20-21H,10H2,1H3. The van der Waals surface area contributed by atoms with Gasteiger partial charge in [-0.05, 0) is 29.8 Å². The number of aliphatic hydroxyl groups excluding tert-OH is 1. The Hall–Kier alpha value is -2.66. The smallest absolute Gasteiger partial charge is 0.261 e. The maximum absolute atomic E-state index is 12.3. The molecule has 5 heteroatoms. The van der Waals surface area contributed by atoms with E-state index in [1.165, 1.54) is 17.0 Å². The first-order valence-electron chi connectivity index (χ1n) is 7.41. The molecule has 2 amide bonds. The van der Waals surface area contributed by atoms with Gasteiger partial charge in [0.15, 0.2) is 0 Å². The van der Waals surface area contributed by atoms with Crippen molar-refractivity contribution < 1.29 is 19.8 Å². The van der Waals surface area contributed by atoms with Crippen LogP contribution in [0, 0.1) is 5.92 Å². The van der Waals surface area contributed by atoms with Gasteiger partial charge >= 0.3 is 0 Å². The van der Waals surface area contributed by atoms with Crippen LogP contribution in [0.3, 0.4) is 0 Å². The van der Waals surface area contributed by atoms with Gasteiger partial charge in [-0.15, -0.1) is 0 Å². The first-order valence-corrected chi connectivity index (χ1v) is 7.41. The van der Waals surface area contributed by atoms with E-state index in [9.17, 15) is 19.8 Å². The molecule has 0 aromatic heterocycles. The van der Waals surface area contributed by atoms with Gasteiger partial charge in [-0.1, -0.05) is 31.2 Å². The molecule has 0 saturated heterocycles. The molecule has 2 atom stereocenters. The van der Waals surface area contributed by atoms with Crippen molar-refractivity contribution in [3.8, 4) is 5.75 Å². The lowest BCUT2D eigenvalue weighted by molar-refractivity contribution is 0.0536. The first-order chi connectivity index (χ1) is 11.0. The predicted molar refractivity (Wildman–Crippen MR) is 84.0 cm³/mol. The van der Waals surface area contributed by atoms with Gasteiger partial charge in [-0.2, -0.15) is 0 Å². The molecule has 23 heavy (non-hydrogen) atoms. The number of fused-ring (bicyclic) bond motifs is 1. The van der Waals surface area contributed by atoms with Crippen LogP contribution >= 0.6 is 0 Å². The van der Waals surface area contributed by atoms with E-state index in [2.05, 4.69) is 0 Å². The van der Waals surface area contributed by atoms with Gasteiger partial charge in [0.25, 0.3) is 11.8 Å². The van der Waals surface area contributed by atoms with Gasteiger partial charge in [0.2, 0.25) is 0 Å². The summed E-state index contributed by atoms with van der Waals surface area (Å²) in [5.74, 6) is -0.963. The van der Waals surface area contributed by atoms with Crippen LogP contribution in [-0.4, -0.2) is 33.5 Å². The fourth-order valence-electron chi connectivity index (χ4n) is 2.83. The summed E-state index contributed by atoms with van der Waals surface area (Å²) in [6.07, 6.45) is -0.883. The Morgan fingerprint density at radius 3 is 2.17 bits per heavy atom. The number of carbonyl (C=O) groups is 2. The Kier molecular flexibility index (Phi) is 3.88. The molecular weight excluding hydrogens is 294 g/mol. The zero-order valence-corrected chi connectivity index (χ0v) is 12.6. The molecule has 2 unspecified atom stereocenters. The summed E-state index contributed by atoms with van der Waals surface area (Å²) in [6, 6.07) is 13.0. The first kappa shape index (κ1) is 15.2. The van der Waals surface area contributed by atoms with Crippen LogP contribution in [-0.2, 0) is 0 Å². The van der Waals surface area contributed by atoms with E-state index in [0.717, 1.165) is 0 Å². The summed E-state index contributed by atoms with van der Waals surface area (Å²) in [7, 11) is 0. The Bertz CT molecular complexity index is 736. The topological polar surface area (TPSA) is 77.8 Å². The average Bonchev–Trinajstić information content (AvgIpc) is 2.79. The molecule has 2 aromatic rings. The van der Waals surface area contributed by atoms with Crippen molar-refractivity contribution in [2.24, 2.45) is 5.92 Å². The van der Waals surface area contributed by atoms with Crippen LogP contribution in [0.25, 0.3) is 0 Å². The number of hydrogen-bond acceptors (Lipinski definition) is 4. The maximum Gasteiger partial charge on any atom is 0.261 e. The number of aliphatic hydroxyl groups is 1. The summed E-state index contributed by atoms with van der Waals surface area (Å²) in [6.45, 7) is 1.88. The summed E-state index contributed by atoms with van der Waals surface area (Å²) >= 11 is 0. The monoisotopic (exact) mass is 311 g/mol. The van der Waals surface area contributed by atoms with Crippen molar-refractivity contribution in [1.29, 1.82) is 0 Å². The number of imide groups is 1. The molecule has 0 aliphatic carbocycles. The lowest BCUT2D eigenvalue weighted by Gasteiger charge is -2.24. The molecule has 3 rings (SSSR count). The predicted octanol–water partition coefficient (Wildman–Crippen LogP) is 2.36. The summed E-state index contributed by atoms with van der Waals surface area (Å²) in [5, 5.41) is 19.9. The Morgan fingerprint density at radius 1 is 1.00 bits per heavy atom. The largest absolute Gasteiger partial charge is 0.508 e. The Balaban J connectivity index is 1.77. The number of carbonyl (C=O) groups excluding carboxylic acids is 2. The highest BCUT2D eigenvalue weighted by molar-refractivity contribution is 6.21. The number of rotatable bonds is 4. The van der Waals surface area contributed by atoms with Crippen LogP contribution in [0.15, 0.2) is 48.5 Å². The molecule has 0 fully saturated rings. The van der Waals surface area contributed by atoms with Gasteiger partial charge in [0, 0.05) is 12.5 Å². The van der Waals surface area contributed by atoms with Crippen LogP contribution < -0.4 is 0 Å². The van der Waals surface area contributed by atoms with Crippen molar-refractivity contribution in [2.45, 2.75) is 13.0 Å². The van der Waals surface area contributed by atoms with Crippen molar-refractivity contribution in [3.63, 3.8) is 0 Å². The number of aromatic hydroxyl groups is 1. The zero-order valence-electron chi connectivity index (χ0n) is 12.6. The van der Waals surface area contributed by atoms with E-state index < -0.39 is 6.10 Å². The van der Waals surface area contributed by atoms with Crippen LogP contribution in [0.4, 0.5) is 0 Å². The molecule has 2 aromatic carbocycles. The third kappa shape index (κ3) is 2.71. The third-order valence-corrected chi connectivity index (χ3v) is 4.10. The summed E-state index contributed by atoms with van der Waals surface area (Å²) in [5.41, 5.74) is 1.35. The SMILES string of the molecule is CC(CN1C(=O)c2ccccc2C1=O)C(O)c1cccc(O)c1. The highest BCUT2D eigenvalue weighted by atomic mass is 16.3. The minimum atomic E-state index is -0.883. The normalized spacial score (nSPS) is 16.3. The average molecular weight is 311 g/mol. The van der Waals surface area contributed by atoms with E-state index in [0.29, 0.717) is 16.7 Å². The molecule has 0 spiro atoms. The highest BCUT2D eigenvalue weighted by Gasteiger charge is 2.36. The second-order valence-electron chi connectivity index (χ2n) is 5.78. The molecule has 0 bridgehead atoms. The van der Waals surface area contributed by atoms with E-state index in [1.54, 1.807) is 43.3 Å². The number of hydrogen-bond donors (Lipinski definition) is 2. The summed E-state index contributed by atoms with van der Waals surface area (Å²) in [4.78, 5) is 25.8. The van der Waals surface area contributed by atoms with Crippen molar-refractivity contribution >= 4 is 11.8 Å². The zero-order chi connectivity index (χ0) is 16.6. The van der Waals surface area contributed by atoms with Crippen LogP contribution in [0.5, 0.6) is 5.75 Å². The summed E-state index contributed by atoms with van der Waals surface area (Å²) < 4.78 is 0.